The number of hydrogen-bond donors (Lipinski definition) is 1. The first-order valence-electron chi connectivity index (χ1n) is 5.63. The van der Waals surface area contributed by atoms with Crippen LogP contribution in [0.4, 0.5) is 0 Å². The van der Waals surface area contributed by atoms with Crippen molar-refractivity contribution in [2.75, 3.05) is 13.4 Å². The molecule has 0 amide bonds. The Hall–Kier alpha value is -1.46. The molecule has 1 aromatic carbocycles. The van der Waals surface area contributed by atoms with Gasteiger partial charge < -0.3 is 18.9 Å². The molecule has 17 heavy (non-hydrogen) atoms. The quantitative estimate of drug-likeness (QED) is 0.485. The number of rotatable bonds is 5. The molecule has 0 aliphatic heterocycles. The zero-order chi connectivity index (χ0) is 12.3. The van der Waals surface area contributed by atoms with Gasteiger partial charge in [0.1, 0.15) is 17.0 Å². The molecular formula is C12H15BO4. The summed E-state index contributed by atoms with van der Waals surface area (Å²) in [6, 6.07) is 7.32. The molecule has 0 fully saturated rings. The lowest BCUT2D eigenvalue weighted by Gasteiger charge is -2.04. The van der Waals surface area contributed by atoms with E-state index in [0.717, 1.165) is 16.7 Å². The van der Waals surface area contributed by atoms with Crippen LogP contribution in [-0.2, 0) is 4.74 Å². The molecule has 5 heteroatoms. The Balaban J connectivity index is 2.18. The molecule has 0 saturated heterocycles. The number of benzene rings is 1. The highest BCUT2D eigenvalue weighted by molar-refractivity contribution is 6.63. The Labute approximate surface area is 100 Å². The van der Waals surface area contributed by atoms with Gasteiger partial charge in [0.25, 0.3) is 0 Å². The predicted octanol–water partition coefficient (Wildman–Crippen LogP) is 1.63. The molecule has 1 aromatic heterocycles. The average Bonchev–Trinajstić information content (AvgIpc) is 2.72. The van der Waals surface area contributed by atoms with E-state index in [2.05, 4.69) is 0 Å². The highest BCUT2D eigenvalue weighted by atomic mass is 16.7. The van der Waals surface area contributed by atoms with Crippen LogP contribution in [0.25, 0.3) is 11.0 Å². The Morgan fingerprint density at radius 2 is 2.18 bits per heavy atom. The van der Waals surface area contributed by atoms with E-state index >= 15 is 0 Å². The van der Waals surface area contributed by atoms with Crippen molar-refractivity contribution in [2.24, 2.45) is 0 Å². The maximum atomic E-state index is 9.42. The summed E-state index contributed by atoms with van der Waals surface area (Å²) in [5.74, 6) is 0.726. The highest BCUT2D eigenvalue weighted by Gasteiger charge is 2.13. The Morgan fingerprint density at radius 1 is 1.35 bits per heavy atom. The number of furan rings is 1. The van der Waals surface area contributed by atoms with Crippen molar-refractivity contribution in [2.45, 2.75) is 13.7 Å². The first-order valence-corrected chi connectivity index (χ1v) is 5.63. The van der Waals surface area contributed by atoms with Gasteiger partial charge in [0.05, 0.1) is 0 Å². The fourth-order valence-electron chi connectivity index (χ4n) is 1.53. The molecule has 2 aromatic rings. The number of ether oxygens (including phenoxy) is 2. The minimum atomic E-state index is -0.602. The van der Waals surface area contributed by atoms with Crippen LogP contribution in [0.15, 0.2) is 28.7 Å². The van der Waals surface area contributed by atoms with Crippen LogP contribution in [0.5, 0.6) is 5.75 Å². The second kappa shape index (κ2) is 5.25. The third kappa shape index (κ3) is 2.81. The minimum absolute atomic E-state index is 0.239. The van der Waals surface area contributed by atoms with Crippen LogP contribution in [0, 0.1) is 0 Å². The first-order chi connectivity index (χ1) is 8.20. The Bertz CT molecular complexity index is 492. The molecule has 0 spiro atoms. The zero-order valence-corrected chi connectivity index (χ0v) is 9.97. The maximum absolute atomic E-state index is 9.42. The molecular weight excluding hydrogens is 219 g/mol. The van der Waals surface area contributed by atoms with E-state index in [-0.39, 0.29) is 6.79 Å². The first kappa shape index (κ1) is 12.0. The molecule has 1 heterocycles. The fourth-order valence-corrected chi connectivity index (χ4v) is 1.53. The van der Waals surface area contributed by atoms with Crippen molar-refractivity contribution in [3.05, 3.63) is 24.3 Å². The van der Waals surface area contributed by atoms with E-state index in [0.29, 0.717) is 12.3 Å². The summed E-state index contributed by atoms with van der Waals surface area (Å²) in [5.41, 5.74) is 1.30. The molecule has 0 saturated carbocycles. The molecule has 90 valence electrons. The molecule has 1 N–H and O–H groups in total. The van der Waals surface area contributed by atoms with Gasteiger partial charge in [0, 0.05) is 12.0 Å². The Morgan fingerprint density at radius 3 is 2.88 bits per heavy atom. The maximum Gasteiger partial charge on any atom is 0.362 e. The van der Waals surface area contributed by atoms with E-state index in [4.69, 9.17) is 13.9 Å². The summed E-state index contributed by atoms with van der Waals surface area (Å²) in [4.78, 5) is 0. The van der Waals surface area contributed by atoms with E-state index in [1.54, 1.807) is 6.82 Å². The van der Waals surface area contributed by atoms with Crippen LogP contribution in [0.3, 0.4) is 0 Å². The van der Waals surface area contributed by atoms with Crippen LogP contribution >= 0.6 is 0 Å². The van der Waals surface area contributed by atoms with Gasteiger partial charge in [0.15, 0.2) is 6.79 Å². The number of fused-ring (bicyclic) bond motifs is 1. The van der Waals surface area contributed by atoms with Gasteiger partial charge in [-0.1, -0.05) is 6.82 Å². The van der Waals surface area contributed by atoms with Gasteiger partial charge in [0.2, 0.25) is 0 Å². The molecule has 0 aliphatic rings. The SMILES string of the molecule is CCOCOc1ccc2oc(B(C)O)cc2c1. The predicted molar refractivity (Wildman–Crippen MR) is 66.8 cm³/mol. The van der Waals surface area contributed by atoms with Crippen LogP contribution in [0.2, 0.25) is 6.82 Å². The summed E-state index contributed by atoms with van der Waals surface area (Å²) in [6.45, 7) is 3.85. The summed E-state index contributed by atoms with van der Waals surface area (Å²) >= 11 is 0. The molecule has 4 nitrogen and oxygen atoms in total. The molecule has 0 unspecified atom stereocenters. The topological polar surface area (TPSA) is 51.8 Å². The lowest BCUT2D eigenvalue weighted by molar-refractivity contribution is 0.0225. The Kier molecular flexibility index (Phi) is 3.71. The second-order valence-corrected chi connectivity index (χ2v) is 3.78. The molecule has 0 radical (unpaired) electrons. The van der Waals surface area contributed by atoms with Crippen molar-refractivity contribution in [3.63, 3.8) is 0 Å². The lowest BCUT2D eigenvalue weighted by atomic mass is 9.69. The van der Waals surface area contributed by atoms with E-state index in [1.165, 1.54) is 0 Å². The van der Waals surface area contributed by atoms with Gasteiger partial charge in [-0.05, 0) is 31.2 Å². The van der Waals surface area contributed by atoms with Crippen LogP contribution in [0.1, 0.15) is 6.92 Å². The molecule has 0 aliphatic carbocycles. The van der Waals surface area contributed by atoms with Crippen molar-refractivity contribution in [1.29, 1.82) is 0 Å². The van der Waals surface area contributed by atoms with Crippen molar-refractivity contribution < 1.29 is 18.9 Å². The molecule has 0 bridgehead atoms. The smallest absolute Gasteiger partial charge is 0.362 e. The monoisotopic (exact) mass is 234 g/mol. The van der Waals surface area contributed by atoms with Gasteiger partial charge in [-0.25, -0.2) is 0 Å². The lowest BCUT2D eigenvalue weighted by Crippen LogP contribution is -2.23. The van der Waals surface area contributed by atoms with E-state index < -0.39 is 6.92 Å². The normalized spacial score (nSPS) is 10.8. The summed E-state index contributed by atoms with van der Waals surface area (Å²) in [7, 11) is 0. The van der Waals surface area contributed by atoms with E-state index in [9.17, 15) is 5.02 Å². The third-order valence-corrected chi connectivity index (χ3v) is 2.43. The van der Waals surface area contributed by atoms with Crippen LogP contribution in [-0.4, -0.2) is 25.3 Å². The summed E-state index contributed by atoms with van der Waals surface area (Å²) in [5, 5.41) is 10.3. The summed E-state index contributed by atoms with van der Waals surface area (Å²) < 4.78 is 16.0. The van der Waals surface area contributed by atoms with Crippen molar-refractivity contribution in [3.8, 4) is 5.75 Å². The van der Waals surface area contributed by atoms with Gasteiger partial charge >= 0.3 is 6.92 Å². The molecule has 0 atom stereocenters. The van der Waals surface area contributed by atoms with Gasteiger partial charge in [-0.2, -0.15) is 0 Å². The minimum Gasteiger partial charge on any atom is -0.468 e. The van der Waals surface area contributed by atoms with E-state index in [1.807, 2.05) is 31.2 Å². The van der Waals surface area contributed by atoms with Crippen LogP contribution < -0.4 is 10.4 Å². The van der Waals surface area contributed by atoms with Gasteiger partial charge in [-0.3, -0.25) is 0 Å². The number of hydrogen-bond acceptors (Lipinski definition) is 4. The average molecular weight is 234 g/mol. The summed E-state index contributed by atoms with van der Waals surface area (Å²) in [6.07, 6.45) is 0. The highest BCUT2D eigenvalue weighted by Crippen LogP contribution is 2.21. The largest absolute Gasteiger partial charge is 0.468 e. The molecule has 2 rings (SSSR count). The second-order valence-electron chi connectivity index (χ2n) is 3.78. The van der Waals surface area contributed by atoms with Crippen molar-refractivity contribution >= 4 is 23.5 Å². The van der Waals surface area contributed by atoms with Gasteiger partial charge in [-0.15, -0.1) is 0 Å². The fraction of sp³-hybridized carbons (Fsp3) is 0.333. The zero-order valence-electron chi connectivity index (χ0n) is 9.97. The standard InChI is InChI=1S/C12H15BO4/c1-3-15-8-16-10-4-5-11-9(6-10)7-12(17-11)13(2)14/h4-7,14H,3,8H2,1-2H3. The third-order valence-electron chi connectivity index (χ3n) is 2.43. The van der Waals surface area contributed by atoms with Crippen molar-refractivity contribution in [1.82, 2.24) is 0 Å².